The van der Waals surface area contributed by atoms with Gasteiger partial charge < -0.3 is 10.1 Å². The average Bonchev–Trinajstić information content (AvgIpc) is 2.53. The smallest absolute Gasteiger partial charge is 0.337 e. The van der Waals surface area contributed by atoms with Crippen molar-refractivity contribution in [1.82, 2.24) is 0 Å². The highest BCUT2D eigenvalue weighted by molar-refractivity contribution is 5.89. The molecular formula is C17H17NO2. The summed E-state index contributed by atoms with van der Waals surface area (Å²) in [6.07, 6.45) is 2.08. The minimum absolute atomic E-state index is 0.245. The Hall–Kier alpha value is -2.29. The summed E-state index contributed by atoms with van der Waals surface area (Å²) >= 11 is 0. The fraction of sp³-hybridized carbons (Fsp3) is 0.235. The van der Waals surface area contributed by atoms with Crippen molar-refractivity contribution in [3.8, 4) is 0 Å². The molecule has 1 aliphatic rings. The van der Waals surface area contributed by atoms with Crippen molar-refractivity contribution in [2.45, 2.75) is 18.9 Å². The first-order valence-corrected chi connectivity index (χ1v) is 6.80. The molecule has 2 aromatic carbocycles. The summed E-state index contributed by atoms with van der Waals surface area (Å²) in [5.74, 6) is -0.289. The van der Waals surface area contributed by atoms with Gasteiger partial charge in [0.25, 0.3) is 0 Å². The number of aryl methyl sites for hydroxylation is 1. The molecular weight excluding hydrogens is 250 g/mol. The summed E-state index contributed by atoms with van der Waals surface area (Å²) < 4.78 is 4.78. The maximum Gasteiger partial charge on any atom is 0.337 e. The standard InChI is InChI=1S/C17H17NO2/c1-20-17(19)14-7-4-6-13(11-14)16-10-9-12-5-2-3-8-15(12)18-16/h2-8,11,16,18H,9-10H2,1H3. The Bertz CT molecular complexity index is 636. The fourth-order valence-corrected chi connectivity index (χ4v) is 2.69. The predicted octanol–water partition coefficient (Wildman–Crippen LogP) is 3.57. The lowest BCUT2D eigenvalue weighted by Crippen LogP contribution is -2.18. The zero-order chi connectivity index (χ0) is 13.9. The van der Waals surface area contributed by atoms with E-state index < -0.39 is 0 Å². The fourth-order valence-electron chi connectivity index (χ4n) is 2.69. The van der Waals surface area contributed by atoms with E-state index in [0.29, 0.717) is 5.56 Å². The number of ether oxygens (including phenoxy) is 1. The van der Waals surface area contributed by atoms with Crippen LogP contribution in [-0.2, 0) is 11.2 Å². The van der Waals surface area contributed by atoms with Crippen LogP contribution in [0.2, 0.25) is 0 Å². The second kappa shape index (κ2) is 5.37. The Morgan fingerprint density at radius 2 is 2.05 bits per heavy atom. The number of nitrogens with one attached hydrogen (secondary N) is 1. The molecule has 0 saturated heterocycles. The Morgan fingerprint density at radius 3 is 2.90 bits per heavy atom. The van der Waals surface area contributed by atoms with E-state index in [1.54, 1.807) is 6.07 Å². The van der Waals surface area contributed by atoms with Crippen LogP contribution < -0.4 is 5.32 Å². The molecule has 0 aromatic heterocycles. The van der Waals surface area contributed by atoms with E-state index in [4.69, 9.17) is 4.74 Å². The molecule has 1 heterocycles. The molecule has 20 heavy (non-hydrogen) atoms. The molecule has 0 radical (unpaired) electrons. The SMILES string of the molecule is COC(=O)c1cccc(C2CCc3ccccc3N2)c1. The van der Waals surface area contributed by atoms with Gasteiger partial charge in [-0.05, 0) is 42.2 Å². The summed E-state index contributed by atoms with van der Waals surface area (Å²) in [5.41, 5.74) is 4.27. The van der Waals surface area contributed by atoms with Gasteiger partial charge in [0.1, 0.15) is 0 Å². The van der Waals surface area contributed by atoms with E-state index in [0.717, 1.165) is 18.4 Å². The highest BCUT2D eigenvalue weighted by atomic mass is 16.5. The van der Waals surface area contributed by atoms with Crippen molar-refractivity contribution in [1.29, 1.82) is 0 Å². The maximum absolute atomic E-state index is 11.6. The highest BCUT2D eigenvalue weighted by Gasteiger charge is 2.19. The van der Waals surface area contributed by atoms with Gasteiger partial charge in [-0.3, -0.25) is 0 Å². The number of carbonyl (C=O) groups is 1. The van der Waals surface area contributed by atoms with Crippen LogP contribution in [0.4, 0.5) is 5.69 Å². The van der Waals surface area contributed by atoms with Crippen LogP contribution in [0.25, 0.3) is 0 Å². The van der Waals surface area contributed by atoms with Crippen molar-refractivity contribution in [2.75, 3.05) is 12.4 Å². The van der Waals surface area contributed by atoms with Crippen LogP contribution in [-0.4, -0.2) is 13.1 Å². The molecule has 1 unspecified atom stereocenters. The van der Waals surface area contributed by atoms with Crippen LogP contribution in [0, 0.1) is 0 Å². The van der Waals surface area contributed by atoms with Crippen LogP contribution in [0.3, 0.4) is 0 Å². The highest BCUT2D eigenvalue weighted by Crippen LogP contribution is 2.32. The summed E-state index contributed by atoms with van der Waals surface area (Å²) in [7, 11) is 1.41. The lowest BCUT2D eigenvalue weighted by atomic mass is 9.93. The van der Waals surface area contributed by atoms with Gasteiger partial charge >= 0.3 is 5.97 Å². The normalized spacial score (nSPS) is 16.9. The third-order valence-corrected chi connectivity index (χ3v) is 3.76. The number of methoxy groups -OCH3 is 1. The number of rotatable bonds is 2. The maximum atomic E-state index is 11.6. The largest absolute Gasteiger partial charge is 0.465 e. The number of para-hydroxylation sites is 1. The predicted molar refractivity (Wildman–Crippen MR) is 78.9 cm³/mol. The number of hydrogen-bond acceptors (Lipinski definition) is 3. The van der Waals surface area contributed by atoms with Gasteiger partial charge in [-0.15, -0.1) is 0 Å². The summed E-state index contributed by atoms with van der Waals surface area (Å²) in [4.78, 5) is 11.6. The quantitative estimate of drug-likeness (QED) is 0.845. The minimum atomic E-state index is -0.289. The molecule has 0 spiro atoms. The van der Waals surface area contributed by atoms with E-state index in [1.165, 1.54) is 18.4 Å². The number of hydrogen-bond donors (Lipinski definition) is 1. The van der Waals surface area contributed by atoms with Crippen LogP contribution in [0.15, 0.2) is 48.5 Å². The molecule has 1 aliphatic heterocycles. The van der Waals surface area contributed by atoms with Gasteiger partial charge in [0.15, 0.2) is 0 Å². The monoisotopic (exact) mass is 267 g/mol. The molecule has 1 atom stereocenters. The minimum Gasteiger partial charge on any atom is -0.465 e. The van der Waals surface area contributed by atoms with Crippen LogP contribution >= 0.6 is 0 Å². The second-order valence-corrected chi connectivity index (χ2v) is 5.01. The molecule has 0 amide bonds. The Morgan fingerprint density at radius 1 is 1.20 bits per heavy atom. The van der Waals surface area contributed by atoms with Gasteiger partial charge in [0.05, 0.1) is 18.7 Å². The van der Waals surface area contributed by atoms with Gasteiger partial charge in [0.2, 0.25) is 0 Å². The zero-order valence-corrected chi connectivity index (χ0v) is 11.4. The third-order valence-electron chi connectivity index (χ3n) is 3.76. The van der Waals surface area contributed by atoms with Gasteiger partial charge in [-0.25, -0.2) is 4.79 Å². The lowest BCUT2D eigenvalue weighted by Gasteiger charge is -2.27. The van der Waals surface area contributed by atoms with Crippen molar-refractivity contribution < 1.29 is 9.53 Å². The summed E-state index contributed by atoms with van der Waals surface area (Å²) in [5, 5.41) is 3.55. The molecule has 3 heteroatoms. The van der Waals surface area contributed by atoms with Crippen LogP contribution in [0.5, 0.6) is 0 Å². The second-order valence-electron chi connectivity index (χ2n) is 5.01. The Kier molecular flexibility index (Phi) is 3.42. The molecule has 0 bridgehead atoms. The lowest BCUT2D eigenvalue weighted by molar-refractivity contribution is 0.0600. The van der Waals surface area contributed by atoms with Gasteiger partial charge in [0, 0.05) is 5.69 Å². The molecule has 2 aromatic rings. The number of esters is 1. The van der Waals surface area contributed by atoms with E-state index in [2.05, 4.69) is 29.6 Å². The van der Waals surface area contributed by atoms with E-state index in [1.807, 2.05) is 18.2 Å². The Balaban J connectivity index is 1.86. The number of carbonyl (C=O) groups excluding carboxylic acids is 1. The molecule has 1 N–H and O–H groups in total. The first-order chi connectivity index (χ1) is 9.78. The number of anilines is 1. The van der Waals surface area contributed by atoms with Crippen molar-refractivity contribution in [3.63, 3.8) is 0 Å². The number of fused-ring (bicyclic) bond motifs is 1. The molecule has 0 saturated carbocycles. The molecule has 3 nitrogen and oxygen atoms in total. The first-order valence-electron chi connectivity index (χ1n) is 6.80. The van der Waals surface area contributed by atoms with E-state index >= 15 is 0 Å². The van der Waals surface area contributed by atoms with Crippen molar-refractivity contribution in [2.24, 2.45) is 0 Å². The van der Waals surface area contributed by atoms with Crippen LogP contribution in [0.1, 0.15) is 33.9 Å². The summed E-state index contributed by atoms with van der Waals surface area (Å²) in [6.45, 7) is 0. The van der Waals surface area contributed by atoms with E-state index in [9.17, 15) is 4.79 Å². The Labute approximate surface area is 118 Å². The zero-order valence-electron chi connectivity index (χ0n) is 11.4. The molecule has 102 valence electrons. The topological polar surface area (TPSA) is 38.3 Å². The summed E-state index contributed by atoms with van der Waals surface area (Å²) in [6, 6.07) is 16.3. The van der Waals surface area contributed by atoms with Crippen molar-refractivity contribution in [3.05, 3.63) is 65.2 Å². The first kappa shape index (κ1) is 12.7. The average molecular weight is 267 g/mol. The third kappa shape index (κ3) is 2.39. The number of benzene rings is 2. The molecule has 0 fully saturated rings. The molecule has 3 rings (SSSR count). The van der Waals surface area contributed by atoms with Gasteiger partial charge in [-0.2, -0.15) is 0 Å². The van der Waals surface area contributed by atoms with E-state index in [-0.39, 0.29) is 12.0 Å². The van der Waals surface area contributed by atoms with Crippen molar-refractivity contribution >= 4 is 11.7 Å². The van der Waals surface area contributed by atoms with Gasteiger partial charge in [-0.1, -0.05) is 30.3 Å². The molecule has 0 aliphatic carbocycles.